The summed E-state index contributed by atoms with van der Waals surface area (Å²) in [4.78, 5) is 27.8. The van der Waals surface area contributed by atoms with E-state index in [2.05, 4.69) is 5.10 Å². The van der Waals surface area contributed by atoms with Crippen LogP contribution < -0.4 is 0 Å². The number of rotatable bonds is 4. The molecule has 2 heterocycles. The summed E-state index contributed by atoms with van der Waals surface area (Å²) < 4.78 is 46.8. The third-order valence-electron chi connectivity index (χ3n) is 4.92. The van der Waals surface area contributed by atoms with E-state index in [1.54, 1.807) is 41.7 Å². The second-order valence-electron chi connectivity index (χ2n) is 9.04. The first-order valence-electron chi connectivity index (χ1n) is 10.1. The van der Waals surface area contributed by atoms with E-state index in [-0.39, 0.29) is 5.92 Å². The van der Waals surface area contributed by atoms with Crippen molar-refractivity contribution in [3.63, 3.8) is 0 Å². The largest absolute Gasteiger partial charge is 0.444 e. The Morgan fingerprint density at radius 3 is 2.27 bits per heavy atom. The first kappa shape index (κ1) is 24.0. The molecular weight excluding hydrogens is 401 g/mol. The first-order valence-corrected chi connectivity index (χ1v) is 10.1. The molecule has 0 spiro atoms. The van der Waals surface area contributed by atoms with Crippen LogP contribution in [0.15, 0.2) is 6.20 Å². The van der Waals surface area contributed by atoms with Crippen molar-refractivity contribution in [3.05, 3.63) is 17.5 Å². The van der Waals surface area contributed by atoms with Crippen LogP contribution in [0.4, 0.5) is 18.0 Å². The average molecular weight is 432 g/mol. The Bertz CT molecular complexity index is 760. The second-order valence-corrected chi connectivity index (χ2v) is 9.04. The molecule has 170 valence electrons. The molecule has 7 nitrogen and oxygen atoms in total. The number of ether oxygens (including phenoxy) is 1. The number of halogens is 3. The SMILES string of the molecule is CC(C)n1ncc(C(=O)N2CCC(CN(C)C(=O)OC(C)(C)C)CC2)c1C(F)(F)F. The normalized spacial score (nSPS) is 16.1. The Labute approximate surface area is 175 Å². The highest BCUT2D eigenvalue weighted by Gasteiger charge is 2.42. The van der Waals surface area contributed by atoms with Crippen molar-refractivity contribution in [2.45, 2.75) is 65.3 Å². The minimum absolute atomic E-state index is 0.145. The van der Waals surface area contributed by atoms with Crippen LogP contribution in [0.25, 0.3) is 0 Å². The maximum atomic E-state index is 13.5. The molecule has 0 aromatic carbocycles. The number of carbonyl (C=O) groups excluding carboxylic acids is 2. The maximum absolute atomic E-state index is 13.5. The molecule has 0 atom stereocenters. The molecule has 10 heteroatoms. The molecule has 2 amide bonds. The fourth-order valence-corrected chi connectivity index (χ4v) is 3.48. The van der Waals surface area contributed by atoms with Gasteiger partial charge in [-0.05, 0) is 53.4 Å². The van der Waals surface area contributed by atoms with E-state index < -0.39 is 41.1 Å². The molecule has 0 aliphatic carbocycles. The average Bonchev–Trinajstić information content (AvgIpc) is 3.06. The standard InChI is InChI=1S/C20H31F3N4O3/c1-13(2)27-16(20(21,22)23)15(11-24-27)17(28)26-9-7-14(8-10-26)12-25(6)18(29)30-19(3,4)5/h11,13-14H,7-10,12H2,1-6H3. The fourth-order valence-electron chi connectivity index (χ4n) is 3.48. The molecular formula is C20H31F3N4O3. The van der Waals surface area contributed by atoms with Crippen LogP contribution in [-0.4, -0.2) is 63.9 Å². The summed E-state index contributed by atoms with van der Waals surface area (Å²) in [7, 11) is 1.65. The molecule has 1 aromatic rings. The summed E-state index contributed by atoms with van der Waals surface area (Å²) in [6, 6.07) is -0.516. The Morgan fingerprint density at radius 1 is 1.23 bits per heavy atom. The molecule has 0 bridgehead atoms. The summed E-state index contributed by atoms with van der Waals surface area (Å²) in [6.45, 7) is 9.67. The Balaban J connectivity index is 2.01. The summed E-state index contributed by atoms with van der Waals surface area (Å²) in [5.41, 5.74) is -2.01. The van der Waals surface area contributed by atoms with Gasteiger partial charge in [0.1, 0.15) is 5.60 Å². The van der Waals surface area contributed by atoms with Crippen LogP contribution >= 0.6 is 0 Å². The second kappa shape index (κ2) is 8.85. The Morgan fingerprint density at radius 2 is 1.80 bits per heavy atom. The van der Waals surface area contributed by atoms with Crippen molar-refractivity contribution in [2.24, 2.45) is 5.92 Å². The molecule has 0 radical (unpaired) electrons. The quantitative estimate of drug-likeness (QED) is 0.715. The van der Waals surface area contributed by atoms with Gasteiger partial charge in [-0.2, -0.15) is 18.3 Å². The molecule has 1 saturated heterocycles. The number of hydrogen-bond donors (Lipinski definition) is 0. The van der Waals surface area contributed by atoms with Gasteiger partial charge in [0.25, 0.3) is 5.91 Å². The number of alkyl halides is 3. The van der Waals surface area contributed by atoms with E-state index in [4.69, 9.17) is 4.74 Å². The topological polar surface area (TPSA) is 67.7 Å². The monoisotopic (exact) mass is 432 g/mol. The zero-order valence-corrected chi connectivity index (χ0v) is 18.4. The molecule has 0 N–H and O–H groups in total. The summed E-state index contributed by atoms with van der Waals surface area (Å²) in [6.07, 6.45) is -2.89. The number of carbonyl (C=O) groups is 2. The minimum Gasteiger partial charge on any atom is -0.444 e. The van der Waals surface area contributed by atoms with Crippen molar-refractivity contribution in [1.29, 1.82) is 0 Å². The number of amides is 2. The van der Waals surface area contributed by atoms with Crippen molar-refractivity contribution >= 4 is 12.0 Å². The van der Waals surface area contributed by atoms with Crippen molar-refractivity contribution in [2.75, 3.05) is 26.7 Å². The van der Waals surface area contributed by atoms with Crippen LogP contribution in [-0.2, 0) is 10.9 Å². The zero-order valence-electron chi connectivity index (χ0n) is 18.4. The van der Waals surface area contributed by atoms with Crippen LogP contribution in [0.5, 0.6) is 0 Å². The molecule has 1 aliphatic rings. The third kappa shape index (κ3) is 5.89. The predicted octanol–water partition coefficient (Wildman–Crippen LogP) is 4.20. The van der Waals surface area contributed by atoms with Gasteiger partial charge in [-0.3, -0.25) is 9.48 Å². The van der Waals surface area contributed by atoms with Gasteiger partial charge in [0.2, 0.25) is 0 Å². The molecule has 1 aliphatic heterocycles. The van der Waals surface area contributed by atoms with Crippen LogP contribution in [0.3, 0.4) is 0 Å². The third-order valence-corrected chi connectivity index (χ3v) is 4.92. The van der Waals surface area contributed by atoms with Gasteiger partial charge < -0.3 is 14.5 Å². The van der Waals surface area contributed by atoms with Crippen molar-refractivity contribution in [1.82, 2.24) is 19.6 Å². The van der Waals surface area contributed by atoms with Gasteiger partial charge in [0.15, 0.2) is 5.69 Å². The number of hydrogen-bond acceptors (Lipinski definition) is 4. The summed E-state index contributed by atoms with van der Waals surface area (Å²) in [5.74, 6) is -0.514. The van der Waals surface area contributed by atoms with Gasteiger partial charge in [0, 0.05) is 32.7 Å². The molecule has 0 saturated carbocycles. The van der Waals surface area contributed by atoms with E-state index in [1.807, 2.05) is 0 Å². The molecule has 30 heavy (non-hydrogen) atoms. The number of nitrogens with zero attached hydrogens (tertiary/aromatic N) is 4. The van der Waals surface area contributed by atoms with Crippen molar-refractivity contribution < 1.29 is 27.5 Å². The van der Waals surface area contributed by atoms with Crippen molar-refractivity contribution in [3.8, 4) is 0 Å². The number of likely N-dealkylation sites (tertiary alicyclic amines) is 1. The lowest BCUT2D eigenvalue weighted by Crippen LogP contribution is -2.43. The fraction of sp³-hybridized carbons (Fsp3) is 0.750. The van der Waals surface area contributed by atoms with E-state index in [1.165, 1.54) is 9.80 Å². The summed E-state index contributed by atoms with van der Waals surface area (Å²) in [5, 5.41) is 3.79. The molecule has 1 fully saturated rings. The maximum Gasteiger partial charge on any atom is 0.433 e. The smallest absolute Gasteiger partial charge is 0.433 e. The van der Waals surface area contributed by atoms with Crippen LogP contribution in [0, 0.1) is 5.92 Å². The number of piperidine rings is 1. The highest BCUT2D eigenvalue weighted by molar-refractivity contribution is 5.95. The Hall–Kier alpha value is -2.26. The summed E-state index contributed by atoms with van der Waals surface area (Å²) >= 11 is 0. The predicted molar refractivity (Wildman–Crippen MR) is 105 cm³/mol. The highest BCUT2D eigenvalue weighted by Crippen LogP contribution is 2.34. The van der Waals surface area contributed by atoms with Gasteiger partial charge in [0.05, 0.1) is 11.8 Å². The van der Waals surface area contributed by atoms with Gasteiger partial charge in [-0.25, -0.2) is 4.79 Å². The number of aromatic nitrogens is 2. The van der Waals surface area contributed by atoms with Gasteiger partial charge in [-0.15, -0.1) is 0 Å². The van der Waals surface area contributed by atoms with Gasteiger partial charge in [-0.1, -0.05) is 0 Å². The molecule has 2 rings (SSSR count). The van der Waals surface area contributed by atoms with E-state index in [0.29, 0.717) is 32.5 Å². The lowest BCUT2D eigenvalue weighted by Gasteiger charge is -2.34. The van der Waals surface area contributed by atoms with E-state index >= 15 is 0 Å². The van der Waals surface area contributed by atoms with Gasteiger partial charge >= 0.3 is 12.3 Å². The molecule has 0 unspecified atom stereocenters. The molecule has 1 aromatic heterocycles. The first-order chi connectivity index (χ1) is 13.7. The highest BCUT2D eigenvalue weighted by atomic mass is 19.4. The van der Waals surface area contributed by atoms with Crippen LogP contribution in [0.1, 0.15) is 69.6 Å². The zero-order chi connectivity index (χ0) is 22.9. The Kier molecular flexibility index (Phi) is 7.08. The van der Waals surface area contributed by atoms with E-state index in [9.17, 15) is 22.8 Å². The van der Waals surface area contributed by atoms with Crippen LogP contribution in [0.2, 0.25) is 0 Å². The minimum atomic E-state index is -4.67. The van der Waals surface area contributed by atoms with E-state index in [0.717, 1.165) is 10.9 Å². The lowest BCUT2D eigenvalue weighted by molar-refractivity contribution is -0.145. The lowest BCUT2D eigenvalue weighted by atomic mass is 9.96.